The molecule has 1 radical (unpaired) electrons. The first-order valence-corrected chi connectivity index (χ1v) is 4.25. The molecule has 1 aromatic heterocycles. The summed E-state index contributed by atoms with van der Waals surface area (Å²) in [4.78, 5) is 0. The van der Waals surface area contributed by atoms with Gasteiger partial charge >= 0.3 is 0 Å². The second kappa shape index (κ2) is 3.21. The summed E-state index contributed by atoms with van der Waals surface area (Å²) in [5.41, 5.74) is 2.30. The number of hydrogen-bond donors (Lipinski definition) is 0. The number of aromatic nitrogens is 3. The molecule has 71 valence electrons. The molecule has 0 unspecified atom stereocenters. The third kappa shape index (κ3) is 1.39. The third-order valence-electron chi connectivity index (χ3n) is 2.10. The first-order chi connectivity index (χ1) is 6.68. The minimum Gasteiger partial charge on any atom is -0.217 e. The molecule has 4 heteroatoms. The van der Waals surface area contributed by atoms with E-state index in [1.165, 1.54) is 18.2 Å². The van der Waals surface area contributed by atoms with E-state index in [0.717, 1.165) is 11.4 Å². The average molecular weight is 190 g/mol. The third-order valence-corrected chi connectivity index (χ3v) is 2.10. The molecule has 2 aromatic rings. The maximum absolute atomic E-state index is 12.9. The second-order valence-corrected chi connectivity index (χ2v) is 3.06. The Morgan fingerprint density at radius 3 is 2.79 bits per heavy atom. The summed E-state index contributed by atoms with van der Waals surface area (Å²) in [5.74, 6) is -0.300. The Morgan fingerprint density at radius 1 is 1.43 bits per heavy atom. The smallest absolute Gasteiger partial charge is 0.125 e. The highest BCUT2D eigenvalue weighted by Gasteiger charge is 2.06. The maximum Gasteiger partial charge on any atom is 0.125 e. The van der Waals surface area contributed by atoms with Gasteiger partial charge in [-0.1, -0.05) is 5.21 Å². The molecule has 14 heavy (non-hydrogen) atoms. The molecule has 0 N–H and O–H groups in total. The van der Waals surface area contributed by atoms with Crippen LogP contribution in [0.25, 0.3) is 5.69 Å². The summed E-state index contributed by atoms with van der Waals surface area (Å²) in [5, 5.41) is 7.79. The highest BCUT2D eigenvalue weighted by Crippen LogP contribution is 2.11. The second-order valence-electron chi connectivity index (χ2n) is 3.06. The van der Waals surface area contributed by atoms with Crippen molar-refractivity contribution >= 4 is 0 Å². The summed E-state index contributed by atoms with van der Waals surface area (Å²) in [7, 11) is 0. The Bertz CT molecular complexity index is 462. The van der Waals surface area contributed by atoms with Crippen LogP contribution in [0.5, 0.6) is 0 Å². The van der Waals surface area contributed by atoms with Crippen molar-refractivity contribution in [3.05, 3.63) is 41.5 Å². The largest absolute Gasteiger partial charge is 0.217 e. The minimum absolute atomic E-state index is 0.300. The van der Waals surface area contributed by atoms with E-state index >= 15 is 0 Å². The van der Waals surface area contributed by atoms with Crippen molar-refractivity contribution in [1.82, 2.24) is 15.0 Å². The fourth-order valence-electron chi connectivity index (χ4n) is 1.18. The van der Waals surface area contributed by atoms with E-state index in [-0.39, 0.29) is 5.82 Å². The molecule has 1 heterocycles. The van der Waals surface area contributed by atoms with Gasteiger partial charge in [0.15, 0.2) is 0 Å². The molecule has 0 bridgehead atoms. The first kappa shape index (κ1) is 8.87. The normalized spacial score (nSPS) is 10.5. The van der Waals surface area contributed by atoms with Crippen molar-refractivity contribution in [3.63, 3.8) is 0 Å². The summed E-state index contributed by atoms with van der Waals surface area (Å²) in [6, 6.07) is 7.15. The van der Waals surface area contributed by atoms with Gasteiger partial charge in [0, 0.05) is 12.1 Å². The van der Waals surface area contributed by atoms with Gasteiger partial charge in [0.05, 0.1) is 17.1 Å². The number of hydrogen-bond acceptors (Lipinski definition) is 2. The molecule has 0 aliphatic rings. The van der Waals surface area contributed by atoms with E-state index < -0.39 is 0 Å². The van der Waals surface area contributed by atoms with Gasteiger partial charge in [0.1, 0.15) is 5.82 Å². The van der Waals surface area contributed by atoms with E-state index in [4.69, 9.17) is 0 Å². The van der Waals surface area contributed by atoms with Crippen LogP contribution in [0, 0.1) is 25.7 Å². The van der Waals surface area contributed by atoms with Crippen LogP contribution < -0.4 is 0 Å². The van der Waals surface area contributed by atoms with Gasteiger partial charge in [-0.25, -0.2) is 9.07 Å². The number of nitrogens with zero attached hydrogens (tertiary/aromatic N) is 3. The van der Waals surface area contributed by atoms with Gasteiger partial charge in [-0.05, 0) is 26.0 Å². The van der Waals surface area contributed by atoms with Crippen molar-refractivity contribution < 1.29 is 4.39 Å². The van der Waals surface area contributed by atoms with Gasteiger partial charge in [-0.3, -0.25) is 0 Å². The lowest BCUT2D eigenvalue weighted by Gasteiger charge is -2.01. The topological polar surface area (TPSA) is 30.7 Å². The molecular weight excluding hydrogens is 181 g/mol. The fraction of sp³-hybridized carbons (Fsp3) is 0.200. The molecule has 0 aliphatic carbocycles. The van der Waals surface area contributed by atoms with Crippen molar-refractivity contribution in [3.8, 4) is 5.69 Å². The SMILES string of the molecule is Cc1nnn(-c2[c]ccc(F)c2)c1C. The Morgan fingerprint density at radius 2 is 2.21 bits per heavy atom. The van der Waals surface area contributed by atoms with Crippen LogP contribution in [0.3, 0.4) is 0 Å². The highest BCUT2D eigenvalue weighted by atomic mass is 19.1. The Hall–Kier alpha value is -1.71. The van der Waals surface area contributed by atoms with Crippen LogP contribution in [0.15, 0.2) is 18.2 Å². The van der Waals surface area contributed by atoms with Gasteiger partial charge in [0.25, 0.3) is 0 Å². The molecule has 0 amide bonds. The predicted octanol–water partition coefficient (Wildman–Crippen LogP) is 1.82. The number of benzene rings is 1. The Labute approximate surface area is 81.2 Å². The minimum atomic E-state index is -0.300. The van der Waals surface area contributed by atoms with Crippen LogP contribution in [0.1, 0.15) is 11.4 Å². The van der Waals surface area contributed by atoms with Crippen LogP contribution in [0.2, 0.25) is 0 Å². The lowest BCUT2D eigenvalue weighted by Crippen LogP contribution is -1.99. The van der Waals surface area contributed by atoms with Crippen LogP contribution >= 0.6 is 0 Å². The molecule has 3 nitrogen and oxygen atoms in total. The molecule has 0 spiro atoms. The molecule has 2 rings (SSSR count). The molecular formula is C10H9FN3. The molecule has 1 aromatic carbocycles. The van der Waals surface area contributed by atoms with Crippen LogP contribution in [0.4, 0.5) is 4.39 Å². The van der Waals surface area contributed by atoms with E-state index in [0.29, 0.717) is 5.69 Å². The molecule has 0 saturated heterocycles. The summed E-state index contributed by atoms with van der Waals surface area (Å²) >= 11 is 0. The van der Waals surface area contributed by atoms with E-state index in [1.54, 1.807) is 4.68 Å². The quantitative estimate of drug-likeness (QED) is 0.686. The zero-order valence-electron chi connectivity index (χ0n) is 7.95. The Balaban J connectivity index is 2.55. The molecule has 0 aliphatic heterocycles. The molecule has 0 saturated carbocycles. The lowest BCUT2D eigenvalue weighted by atomic mass is 10.3. The fourth-order valence-corrected chi connectivity index (χ4v) is 1.18. The van der Waals surface area contributed by atoms with E-state index in [2.05, 4.69) is 16.4 Å². The zero-order chi connectivity index (χ0) is 10.1. The molecule has 0 atom stereocenters. The monoisotopic (exact) mass is 190 g/mol. The number of rotatable bonds is 1. The average Bonchev–Trinajstić information content (AvgIpc) is 2.48. The standard InChI is InChI=1S/C10H9FN3/c1-7-8(2)14(13-12-7)10-5-3-4-9(11)6-10/h3-4,6H,1-2H3. The van der Waals surface area contributed by atoms with Crippen molar-refractivity contribution in [2.24, 2.45) is 0 Å². The van der Waals surface area contributed by atoms with Crippen molar-refractivity contribution in [2.45, 2.75) is 13.8 Å². The van der Waals surface area contributed by atoms with Crippen molar-refractivity contribution in [1.29, 1.82) is 0 Å². The van der Waals surface area contributed by atoms with Crippen molar-refractivity contribution in [2.75, 3.05) is 0 Å². The van der Waals surface area contributed by atoms with Crippen LogP contribution in [-0.2, 0) is 0 Å². The van der Waals surface area contributed by atoms with Gasteiger partial charge in [0.2, 0.25) is 0 Å². The van der Waals surface area contributed by atoms with E-state index in [1.807, 2.05) is 13.8 Å². The predicted molar refractivity (Wildman–Crippen MR) is 49.6 cm³/mol. The summed E-state index contributed by atoms with van der Waals surface area (Å²) in [6.07, 6.45) is 0. The van der Waals surface area contributed by atoms with Gasteiger partial charge in [-0.15, -0.1) is 5.10 Å². The number of halogens is 1. The van der Waals surface area contributed by atoms with Crippen LogP contribution in [-0.4, -0.2) is 15.0 Å². The summed E-state index contributed by atoms with van der Waals surface area (Å²) < 4.78 is 14.5. The zero-order valence-corrected chi connectivity index (χ0v) is 7.95. The maximum atomic E-state index is 12.9. The van der Waals surface area contributed by atoms with Gasteiger partial charge < -0.3 is 0 Å². The summed E-state index contributed by atoms with van der Waals surface area (Å²) in [6.45, 7) is 3.74. The first-order valence-electron chi connectivity index (χ1n) is 4.25. The Kier molecular flexibility index (Phi) is 2.04. The highest BCUT2D eigenvalue weighted by molar-refractivity contribution is 5.31. The van der Waals surface area contributed by atoms with Gasteiger partial charge in [-0.2, -0.15) is 0 Å². The molecule has 0 fully saturated rings. The lowest BCUT2D eigenvalue weighted by molar-refractivity contribution is 0.624. The number of aryl methyl sites for hydroxylation is 1. The van der Waals surface area contributed by atoms with E-state index in [9.17, 15) is 4.39 Å².